The van der Waals surface area contributed by atoms with E-state index in [9.17, 15) is 22.8 Å². The summed E-state index contributed by atoms with van der Waals surface area (Å²) in [7, 11) is 0. The number of rotatable bonds is 3. The van der Waals surface area contributed by atoms with Crippen molar-refractivity contribution in [3.05, 3.63) is 69.1 Å². The smallest absolute Gasteiger partial charge is 0.417 e. The van der Waals surface area contributed by atoms with Crippen LogP contribution in [0.1, 0.15) is 21.5 Å². The Bertz CT molecular complexity index is 1020. The largest absolute Gasteiger partial charge is 0.478 e. The van der Waals surface area contributed by atoms with Gasteiger partial charge in [0, 0.05) is 0 Å². The third kappa shape index (κ3) is 4.55. The highest BCUT2D eigenvalue weighted by Gasteiger charge is 2.33. The summed E-state index contributed by atoms with van der Waals surface area (Å²) in [6.45, 7) is 0. The van der Waals surface area contributed by atoms with Gasteiger partial charge in [0.2, 0.25) is 0 Å². The predicted octanol–water partition coefficient (Wildman–Crippen LogP) is 4.95. The summed E-state index contributed by atoms with van der Waals surface area (Å²) in [6, 6.07) is 9.06. The number of amides is 1. The summed E-state index contributed by atoms with van der Waals surface area (Å²) in [5, 5.41) is 11.0. The second-order valence-electron chi connectivity index (χ2n) is 5.57. The first-order chi connectivity index (χ1) is 13.1. The van der Waals surface area contributed by atoms with Crippen LogP contribution in [0.3, 0.4) is 0 Å². The molecule has 3 rings (SSSR count). The lowest BCUT2D eigenvalue weighted by molar-refractivity contribution is -0.137. The van der Waals surface area contributed by atoms with Crippen LogP contribution in [0.4, 0.5) is 18.9 Å². The van der Waals surface area contributed by atoms with Crippen molar-refractivity contribution in [2.45, 2.75) is 6.18 Å². The minimum absolute atomic E-state index is 0.00779. The Labute approximate surface area is 165 Å². The quantitative estimate of drug-likeness (QED) is 0.681. The summed E-state index contributed by atoms with van der Waals surface area (Å²) in [6.07, 6.45) is -3.09. The second kappa shape index (κ2) is 7.69. The van der Waals surface area contributed by atoms with E-state index in [-0.39, 0.29) is 21.3 Å². The molecule has 1 aliphatic heterocycles. The molecule has 0 saturated carbocycles. The van der Waals surface area contributed by atoms with Crippen LogP contribution in [0.15, 0.2) is 52.4 Å². The van der Waals surface area contributed by atoms with Crippen LogP contribution in [0.5, 0.6) is 0 Å². The number of aromatic carboxylic acids is 1. The molecule has 1 heterocycles. The maximum Gasteiger partial charge on any atom is 0.417 e. The highest BCUT2D eigenvalue weighted by atomic mass is 35.5. The Morgan fingerprint density at radius 2 is 1.86 bits per heavy atom. The molecule has 2 aromatic rings. The zero-order chi connectivity index (χ0) is 20.5. The van der Waals surface area contributed by atoms with Crippen LogP contribution in [0.2, 0.25) is 5.02 Å². The Morgan fingerprint density at radius 3 is 2.46 bits per heavy atom. The van der Waals surface area contributed by atoms with Gasteiger partial charge in [0.05, 0.1) is 26.7 Å². The third-order valence-corrected chi connectivity index (χ3v) is 4.83. The van der Waals surface area contributed by atoms with E-state index in [0.29, 0.717) is 5.56 Å². The van der Waals surface area contributed by atoms with E-state index in [1.54, 1.807) is 0 Å². The van der Waals surface area contributed by atoms with E-state index in [2.05, 4.69) is 10.3 Å². The molecular formula is C18H10ClF3N2O3S. The number of alkyl halides is 3. The number of amidine groups is 1. The van der Waals surface area contributed by atoms with Crippen molar-refractivity contribution in [2.24, 2.45) is 4.99 Å². The average molecular weight is 427 g/mol. The molecule has 1 amide bonds. The van der Waals surface area contributed by atoms with Gasteiger partial charge in [-0.1, -0.05) is 23.7 Å². The topological polar surface area (TPSA) is 78.8 Å². The molecule has 0 atom stereocenters. The number of benzene rings is 2. The fourth-order valence-corrected chi connectivity index (χ4v) is 3.34. The van der Waals surface area contributed by atoms with Gasteiger partial charge in [-0.2, -0.15) is 13.2 Å². The van der Waals surface area contributed by atoms with E-state index < -0.39 is 28.6 Å². The fourth-order valence-electron chi connectivity index (χ4n) is 2.27. The third-order valence-electron chi connectivity index (χ3n) is 3.59. The number of aliphatic imine (C=N–C) groups is 1. The minimum Gasteiger partial charge on any atom is -0.478 e. The number of halogens is 4. The van der Waals surface area contributed by atoms with Gasteiger partial charge >= 0.3 is 12.1 Å². The molecule has 1 saturated heterocycles. The first-order valence-corrected chi connectivity index (χ1v) is 8.82. The Morgan fingerprint density at radius 1 is 1.18 bits per heavy atom. The summed E-state index contributed by atoms with van der Waals surface area (Å²) < 4.78 is 38.8. The number of nitrogens with one attached hydrogen (secondary N) is 1. The maximum absolute atomic E-state index is 12.9. The molecule has 2 N–H and O–H groups in total. The van der Waals surface area contributed by atoms with E-state index in [1.165, 1.54) is 36.4 Å². The molecular weight excluding hydrogens is 417 g/mol. The lowest BCUT2D eigenvalue weighted by atomic mass is 10.1. The summed E-state index contributed by atoms with van der Waals surface area (Å²) in [5.74, 6) is -1.53. The van der Waals surface area contributed by atoms with Crippen molar-refractivity contribution in [1.29, 1.82) is 0 Å². The molecule has 5 nitrogen and oxygen atoms in total. The molecule has 1 aliphatic rings. The highest BCUT2D eigenvalue weighted by Crippen LogP contribution is 2.37. The van der Waals surface area contributed by atoms with Crippen molar-refractivity contribution in [3.63, 3.8) is 0 Å². The van der Waals surface area contributed by atoms with Gasteiger partial charge in [-0.05, 0) is 53.7 Å². The van der Waals surface area contributed by atoms with Gasteiger partial charge in [0.1, 0.15) is 0 Å². The molecule has 0 bridgehead atoms. The summed E-state index contributed by atoms with van der Waals surface area (Å²) in [4.78, 5) is 27.2. The van der Waals surface area contributed by atoms with Crippen LogP contribution in [0, 0.1) is 0 Å². The molecule has 28 heavy (non-hydrogen) atoms. The number of carboxylic acid groups (broad SMARTS) is 1. The van der Waals surface area contributed by atoms with Gasteiger partial charge < -0.3 is 10.4 Å². The van der Waals surface area contributed by atoms with E-state index >= 15 is 0 Å². The van der Waals surface area contributed by atoms with Gasteiger partial charge in [0.15, 0.2) is 5.17 Å². The number of hydrogen-bond acceptors (Lipinski definition) is 4. The van der Waals surface area contributed by atoms with Gasteiger partial charge in [-0.3, -0.25) is 4.79 Å². The Kier molecular flexibility index (Phi) is 5.48. The standard InChI is InChI=1S/C18H10ClF3N2O3S/c19-13-6-5-11(8-12(13)18(20,21)22)23-17-24-15(25)14(28-17)7-9-1-3-10(4-2-9)16(26)27/h1-8H,(H,26,27)(H,23,24,25). The number of carboxylic acids is 1. The molecule has 0 aliphatic carbocycles. The van der Waals surface area contributed by atoms with Crippen molar-refractivity contribution in [1.82, 2.24) is 5.32 Å². The molecule has 0 radical (unpaired) electrons. The van der Waals surface area contributed by atoms with Crippen molar-refractivity contribution < 1.29 is 27.9 Å². The Balaban J connectivity index is 1.83. The molecule has 2 aromatic carbocycles. The van der Waals surface area contributed by atoms with Crippen LogP contribution >= 0.6 is 23.4 Å². The average Bonchev–Trinajstić information content (AvgIpc) is 2.95. The number of carbonyl (C=O) groups is 2. The van der Waals surface area contributed by atoms with Gasteiger partial charge in [-0.25, -0.2) is 9.79 Å². The first kappa shape index (κ1) is 20.0. The normalized spacial score (nSPS) is 17.2. The number of hydrogen-bond donors (Lipinski definition) is 2. The van der Waals surface area contributed by atoms with Crippen LogP contribution in [-0.2, 0) is 11.0 Å². The second-order valence-corrected chi connectivity index (χ2v) is 7.01. The molecule has 0 aromatic heterocycles. The number of thioether (sulfide) groups is 1. The highest BCUT2D eigenvalue weighted by molar-refractivity contribution is 8.18. The molecule has 1 fully saturated rings. The molecule has 10 heteroatoms. The SMILES string of the molecule is O=C1NC(=Nc2ccc(Cl)c(C(F)(F)F)c2)SC1=Cc1ccc(C(=O)O)cc1. The monoisotopic (exact) mass is 426 g/mol. The lowest BCUT2D eigenvalue weighted by Gasteiger charge is -2.09. The number of nitrogens with zero attached hydrogens (tertiary/aromatic N) is 1. The van der Waals surface area contributed by atoms with Crippen LogP contribution in [0.25, 0.3) is 6.08 Å². The van der Waals surface area contributed by atoms with Crippen molar-refractivity contribution in [2.75, 3.05) is 0 Å². The summed E-state index contributed by atoms with van der Waals surface area (Å²) >= 11 is 6.53. The molecule has 144 valence electrons. The zero-order valence-electron chi connectivity index (χ0n) is 13.7. The minimum atomic E-state index is -4.62. The zero-order valence-corrected chi connectivity index (χ0v) is 15.3. The maximum atomic E-state index is 12.9. The predicted molar refractivity (Wildman–Crippen MR) is 101 cm³/mol. The van der Waals surface area contributed by atoms with E-state index in [0.717, 1.165) is 23.9 Å². The lowest BCUT2D eigenvalue weighted by Crippen LogP contribution is -2.19. The molecule has 0 spiro atoms. The number of carbonyl (C=O) groups excluding carboxylic acids is 1. The fraction of sp³-hybridized carbons (Fsp3) is 0.0556. The van der Waals surface area contributed by atoms with Crippen molar-refractivity contribution in [3.8, 4) is 0 Å². The molecule has 0 unspecified atom stereocenters. The van der Waals surface area contributed by atoms with Gasteiger partial charge in [-0.15, -0.1) is 0 Å². The van der Waals surface area contributed by atoms with Crippen LogP contribution < -0.4 is 5.32 Å². The van der Waals surface area contributed by atoms with E-state index in [4.69, 9.17) is 16.7 Å². The van der Waals surface area contributed by atoms with E-state index in [1.807, 2.05) is 0 Å². The first-order valence-electron chi connectivity index (χ1n) is 7.63. The van der Waals surface area contributed by atoms with Crippen molar-refractivity contribution >= 4 is 52.2 Å². The van der Waals surface area contributed by atoms with Gasteiger partial charge in [0.25, 0.3) is 5.91 Å². The summed E-state index contributed by atoms with van der Waals surface area (Å²) in [5.41, 5.74) is -0.322. The van der Waals surface area contributed by atoms with Crippen LogP contribution in [-0.4, -0.2) is 22.2 Å². The Hall–Kier alpha value is -2.78.